The highest BCUT2D eigenvalue weighted by Gasteiger charge is 2.17. The number of thioether (sulfide) groups is 1. The molecule has 0 spiro atoms. The minimum absolute atomic E-state index is 0.580. The molecule has 0 radical (unpaired) electrons. The Hall–Kier alpha value is -1.97. The van der Waals surface area contributed by atoms with Crippen LogP contribution < -0.4 is 4.90 Å². The molecule has 9 heteroatoms. The number of hydrogen-bond acceptors (Lipinski definition) is 9. The summed E-state index contributed by atoms with van der Waals surface area (Å²) in [6.07, 6.45) is 0. The molecular weight excluding hydrogens is 358 g/mol. The lowest BCUT2D eigenvalue weighted by Gasteiger charge is -2.25. The maximum atomic E-state index is 5.36. The van der Waals surface area contributed by atoms with Crippen LogP contribution >= 0.6 is 23.1 Å². The molecule has 0 aliphatic carbocycles. The van der Waals surface area contributed by atoms with E-state index in [2.05, 4.69) is 32.2 Å². The van der Waals surface area contributed by atoms with Crippen molar-refractivity contribution in [3.63, 3.8) is 0 Å². The van der Waals surface area contributed by atoms with Crippen LogP contribution in [0.5, 0.6) is 0 Å². The van der Waals surface area contributed by atoms with Crippen LogP contribution in [-0.2, 0) is 10.5 Å². The summed E-state index contributed by atoms with van der Waals surface area (Å²) in [7, 11) is 0. The first-order chi connectivity index (χ1) is 12.3. The fourth-order valence-electron chi connectivity index (χ4n) is 2.40. The van der Waals surface area contributed by atoms with Gasteiger partial charge in [0.05, 0.1) is 19.0 Å². The van der Waals surface area contributed by atoms with Gasteiger partial charge in [-0.3, -0.25) is 0 Å². The lowest BCUT2D eigenvalue weighted by Crippen LogP contribution is -2.36. The van der Waals surface area contributed by atoms with E-state index in [1.54, 1.807) is 23.1 Å². The van der Waals surface area contributed by atoms with Crippen LogP contribution in [0.1, 0.15) is 11.5 Å². The molecule has 0 atom stereocenters. The normalized spacial score (nSPS) is 14.8. The summed E-state index contributed by atoms with van der Waals surface area (Å²) >= 11 is 3.14. The molecular formula is C16H17N5O2S2. The first kappa shape index (κ1) is 16.5. The van der Waals surface area contributed by atoms with E-state index in [9.17, 15) is 0 Å². The number of morpholine rings is 1. The molecule has 4 rings (SSSR count). The Kier molecular flexibility index (Phi) is 4.95. The average Bonchev–Trinajstić information content (AvgIpc) is 3.31. The Labute approximate surface area is 153 Å². The van der Waals surface area contributed by atoms with E-state index in [1.807, 2.05) is 24.3 Å². The van der Waals surface area contributed by atoms with Gasteiger partial charge in [0.15, 0.2) is 4.34 Å². The third-order valence-corrected chi connectivity index (χ3v) is 5.88. The second-order valence-electron chi connectivity index (χ2n) is 5.62. The highest BCUT2D eigenvalue weighted by atomic mass is 32.2. The van der Waals surface area contributed by atoms with Crippen molar-refractivity contribution in [2.75, 3.05) is 31.2 Å². The van der Waals surface area contributed by atoms with Gasteiger partial charge < -0.3 is 14.2 Å². The lowest BCUT2D eigenvalue weighted by atomic mass is 10.1. The molecule has 0 amide bonds. The molecule has 3 heterocycles. The zero-order valence-electron chi connectivity index (χ0n) is 13.7. The van der Waals surface area contributed by atoms with Crippen LogP contribution in [0.25, 0.3) is 11.4 Å². The van der Waals surface area contributed by atoms with Gasteiger partial charge in [-0.25, -0.2) is 0 Å². The van der Waals surface area contributed by atoms with Gasteiger partial charge in [-0.1, -0.05) is 58.1 Å². The number of aromatic nitrogens is 4. The third kappa shape index (κ3) is 4.00. The minimum Gasteiger partial charge on any atom is -0.378 e. The van der Waals surface area contributed by atoms with Crippen LogP contribution in [0.2, 0.25) is 0 Å². The van der Waals surface area contributed by atoms with Gasteiger partial charge in [0.25, 0.3) is 0 Å². The van der Waals surface area contributed by atoms with Crippen molar-refractivity contribution in [2.45, 2.75) is 17.0 Å². The Balaban J connectivity index is 1.37. The maximum Gasteiger partial charge on any atom is 0.237 e. The van der Waals surface area contributed by atoms with Gasteiger partial charge in [0.1, 0.15) is 0 Å². The first-order valence-corrected chi connectivity index (χ1v) is 9.77. The second kappa shape index (κ2) is 7.51. The first-order valence-electron chi connectivity index (χ1n) is 7.96. The number of rotatable bonds is 5. The fourth-order valence-corrected chi connectivity index (χ4v) is 4.13. The summed E-state index contributed by atoms with van der Waals surface area (Å²) in [5.41, 5.74) is 2.16. The van der Waals surface area contributed by atoms with Crippen LogP contribution in [-0.4, -0.2) is 46.6 Å². The van der Waals surface area contributed by atoms with Crippen molar-refractivity contribution in [1.82, 2.24) is 20.3 Å². The quantitative estimate of drug-likeness (QED) is 0.630. The number of anilines is 1. The predicted octanol–water partition coefficient (Wildman–Crippen LogP) is 3.03. The molecule has 1 aromatic carbocycles. The van der Waals surface area contributed by atoms with Gasteiger partial charge in [0.2, 0.25) is 16.8 Å². The molecule has 0 bridgehead atoms. The summed E-state index contributed by atoms with van der Waals surface area (Å²) in [5.74, 6) is 1.78. The van der Waals surface area contributed by atoms with E-state index in [0.29, 0.717) is 17.5 Å². The topological polar surface area (TPSA) is 77.2 Å². The Morgan fingerprint density at radius 1 is 1.16 bits per heavy atom. The van der Waals surface area contributed by atoms with Crippen molar-refractivity contribution in [3.05, 3.63) is 35.7 Å². The molecule has 1 fully saturated rings. The highest BCUT2D eigenvalue weighted by molar-refractivity contribution is 8.00. The van der Waals surface area contributed by atoms with Crippen molar-refractivity contribution in [1.29, 1.82) is 0 Å². The SMILES string of the molecule is Cc1ccc(-c2noc(CSc3nnc(N4CCOCC4)s3)n2)cc1. The fraction of sp³-hybridized carbons (Fsp3) is 0.375. The van der Waals surface area contributed by atoms with Crippen LogP contribution in [0.4, 0.5) is 5.13 Å². The summed E-state index contributed by atoms with van der Waals surface area (Å²) < 4.78 is 11.6. The molecule has 1 aliphatic rings. The van der Waals surface area contributed by atoms with E-state index < -0.39 is 0 Å². The smallest absolute Gasteiger partial charge is 0.237 e. The van der Waals surface area contributed by atoms with Crippen molar-refractivity contribution in [3.8, 4) is 11.4 Å². The zero-order chi connectivity index (χ0) is 17.1. The van der Waals surface area contributed by atoms with E-state index in [-0.39, 0.29) is 0 Å². The van der Waals surface area contributed by atoms with Gasteiger partial charge in [-0.2, -0.15) is 4.98 Å². The van der Waals surface area contributed by atoms with Crippen LogP contribution in [0.15, 0.2) is 33.1 Å². The molecule has 25 heavy (non-hydrogen) atoms. The molecule has 1 saturated heterocycles. The van der Waals surface area contributed by atoms with Gasteiger partial charge in [-0.15, -0.1) is 10.2 Å². The molecule has 0 unspecified atom stereocenters. The predicted molar refractivity (Wildman–Crippen MR) is 97.0 cm³/mol. The zero-order valence-corrected chi connectivity index (χ0v) is 15.3. The van der Waals surface area contributed by atoms with E-state index in [4.69, 9.17) is 9.26 Å². The van der Waals surface area contributed by atoms with Gasteiger partial charge in [-0.05, 0) is 6.92 Å². The van der Waals surface area contributed by atoms with E-state index >= 15 is 0 Å². The highest BCUT2D eigenvalue weighted by Crippen LogP contribution is 2.30. The average molecular weight is 375 g/mol. The number of aryl methyl sites for hydroxylation is 1. The second-order valence-corrected chi connectivity index (χ2v) is 7.79. The minimum atomic E-state index is 0.580. The molecule has 2 aromatic heterocycles. The largest absolute Gasteiger partial charge is 0.378 e. The van der Waals surface area contributed by atoms with Crippen molar-refractivity contribution >= 4 is 28.2 Å². The summed E-state index contributed by atoms with van der Waals surface area (Å²) in [6.45, 7) is 5.26. The number of benzene rings is 1. The number of hydrogen-bond donors (Lipinski definition) is 0. The lowest BCUT2D eigenvalue weighted by molar-refractivity contribution is 0.122. The maximum absolute atomic E-state index is 5.36. The Morgan fingerprint density at radius 2 is 1.96 bits per heavy atom. The van der Waals surface area contributed by atoms with Gasteiger partial charge >= 0.3 is 0 Å². The van der Waals surface area contributed by atoms with Gasteiger partial charge in [0, 0.05) is 18.7 Å². The molecule has 0 saturated carbocycles. The third-order valence-electron chi connectivity index (χ3n) is 3.77. The van der Waals surface area contributed by atoms with Crippen LogP contribution in [0, 0.1) is 6.92 Å². The summed E-state index contributed by atoms with van der Waals surface area (Å²) in [6, 6.07) is 8.07. The van der Waals surface area contributed by atoms with E-state index in [0.717, 1.165) is 41.3 Å². The molecule has 0 N–H and O–H groups in total. The number of nitrogens with zero attached hydrogens (tertiary/aromatic N) is 5. The van der Waals surface area contributed by atoms with Crippen LogP contribution in [0.3, 0.4) is 0 Å². The molecule has 7 nitrogen and oxygen atoms in total. The van der Waals surface area contributed by atoms with Crippen molar-refractivity contribution < 1.29 is 9.26 Å². The number of ether oxygens (including phenoxy) is 1. The van der Waals surface area contributed by atoms with E-state index in [1.165, 1.54) is 5.56 Å². The van der Waals surface area contributed by atoms with Crippen molar-refractivity contribution in [2.24, 2.45) is 0 Å². The molecule has 1 aliphatic heterocycles. The summed E-state index contributed by atoms with van der Waals surface area (Å²) in [5, 5.41) is 13.5. The standard InChI is InChI=1S/C16H17N5O2S2/c1-11-2-4-12(5-3-11)14-17-13(23-20-14)10-24-16-19-18-15(25-16)21-6-8-22-9-7-21/h2-5H,6-10H2,1H3. The Bertz CT molecular complexity index is 827. The monoisotopic (exact) mass is 375 g/mol. The molecule has 130 valence electrons. The molecule has 3 aromatic rings. The Morgan fingerprint density at radius 3 is 2.76 bits per heavy atom. The summed E-state index contributed by atoms with van der Waals surface area (Å²) in [4.78, 5) is 6.65.